The molecule has 0 saturated carbocycles. The second kappa shape index (κ2) is 8.98. The third-order valence-corrected chi connectivity index (χ3v) is 4.69. The predicted molar refractivity (Wildman–Crippen MR) is 101 cm³/mol. The minimum absolute atomic E-state index is 0.249. The summed E-state index contributed by atoms with van der Waals surface area (Å²) < 4.78 is 100. The number of benzene rings is 2. The van der Waals surface area contributed by atoms with Crippen LogP contribution in [0.25, 0.3) is 0 Å². The SMILES string of the molecule is O=C(Nc1c(F)c(F)c(C(F)(F)F)c(F)c1F)c1ccn(COc2ccc(Br)cc2Cl)n1. The molecule has 3 aromatic rings. The zero-order chi connectivity index (χ0) is 23.8. The summed E-state index contributed by atoms with van der Waals surface area (Å²) in [4.78, 5) is 12.1. The first-order valence-corrected chi connectivity index (χ1v) is 9.43. The van der Waals surface area contributed by atoms with Crippen LogP contribution in [0.3, 0.4) is 0 Å². The zero-order valence-corrected chi connectivity index (χ0v) is 17.5. The number of rotatable bonds is 5. The Morgan fingerprint density at radius 1 is 1.09 bits per heavy atom. The molecule has 1 amide bonds. The van der Waals surface area contributed by atoms with E-state index in [-0.39, 0.29) is 17.5 Å². The van der Waals surface area contributed by atoms with Crippen molar-refractivity contribution in [2.24, 2.45) is 0 Å². The molecule has 0 saturated heterocycles. The number of nitrogens with zero attached hydrogens (tertiary/aromatic N) is 2. The lowest BCUT2D eigenvalue weighted by Crippen LogP contribution is -2.21. The predicted octanol–water partition coefficient (Wildman–Crippen LogP) is 6.16. The summed E-state index contributed by atoms with van der Waals surface area (Å²) in [7, 11) is 0. The van der Waals surface area contributed by atoms with Gasteiger partial charge in [0.15, 0.2) is 35.7 Å². The Kier molecular flexibility index (Phi) is 6.69. The molecule has 0 aliphatic carbocycles. The van der Waals surface area contributed by atoms with E-state index in [1.54, 1.807) is 18.2 Å². The number of halogens is 9. The summed E-state index contributed by atoms with van der Waals surface area (Å²) in [5, 5.41) is 5.49. The van der Waals surface area contributed by atoms with E-state index in [9.17, 15) is 35.5 Å². The van der Waals surface area contributed by atoms with Gasteiger partial charge in [-0.2, -0.15) is 18.3 Å². The van der Waals surface area contributed by atoms with E-state index < -0.39 is 52.3 Å². The molecule has 0 spiro atoms. The van der Waals surface area contributed by atoms with Gasteiger partial charge in [0.05, 0.1) is 5.02 Å². The Labute approximate surface area is 187 Å². The van der Waals surface area contributed by atoms with E-state index in [1.165, 1.54) is 11.5 Å². The standard InChI is InChI=1S/C18H8BrClF7N3O2/c19-7-1-2-10(8(20)5-7)32-6-30-4-3-9(29-30)17(31)28-16-14(23)12(21)11(18(25,26)27)13(22)15(16)24/h1-5H,6H2,(H,28,31). The molecule has 0 radical (unpaired) electrons. The van der Waals surface area contributed by atoms with Crippen LogP contribution in [0.1, 0.15) is 16.1 Å². The molecule has 0 atom stereocenters. The molecule has 170 valence electrons. The van der Waals surface area contributed by atoms with Gasteiger partial charge >= 0.3 is 6.18 Å². The van der Waals surface area contributed by atoms with Crippen LogP contribution < -0.4 is 10.1 Å². The number of nitrogens with one attached hydrogen (secondary N) is 1. The number of amides is 1. The van der Waals surface area contributed by atoms with E-state index in [4.69, 9.17) is 16.3 Å². The summed E-state index contributed by atoms with van der Waals surface area (Å²) >= 11 is 9.20. The van der Waals surface area contributed by atoms with Gasteiger partial charge in [-0.05, 0) is 24.3 Å². The second-order valence-corrected chi connectivity index (χ2v) is 7.37. The summed E-state index contributed by atoms with van der Waals surface area (Å²) in [6, 6.07) is 5.82. The number of hydrogen-bond donors (Lipinski definition) is 1. The number of alkyl halides is 3. The van der Waals surface area contributed by atoms with Crippen LogP contribution >= 0.6 is 27.5 Å². The lowest BCUT2D eigenvalue weighted by atomic mass is 10.1. The summed E-state index contributed by atoms with van der Waals surface area (Å²) in [6.07, 6.45) is -4.48. The van der Waals surface area contributed by atoms with E-state index in [0.29, 0.717) is 4.47 Å². The Morgan fingerprint density at radius 2 is 1.72 bits per heavy atom. The summed E-state index contributed by atoms with van der Waals surface area (Å²) in [5.74, 6) is -11.3. The highest BCUT2D eigenvalue weighted by atomic mass is 79.9. The van der Waals surface area contributed by atoms with Crippen molar-refractivity contribution in [1.82, 2.24) is 9.78 Å². The van der Waals surface area contributed by atoms with Crippen molar-refractivity contribution in [3.05, 3.63) is 74.5 Å². The van der Waals surface area contributed by atoms with Crippen LogP contribution in [0, 0.1) is 23.3 Å². The van der Waals surface area contributed by atoms with Gasteiger partial charge in [-0.15, -0.1) is 0 Å². The lowest BCUT2D eigenvalue weighted by molar-refractivity contribution is -0.143. The minimum Gasteiger partial charge on any atom is -0.470 e. The van der Waals surface area contributed by atoms with Crippen molar-refractivity contribution in [1.29, 1.82) is 0 Å². The molecule has 0 aliphatic heterocycles. The summed E-state index contributed by atoms with van der Waals surface area (Å²) in [6.45, 7) is -0.249. The van der Waals surface area contributed by atoms with Crippen molar-refractivity contribution in [2.75, 3.05) is 5.32 Å². The number of carbonyl (C=O) groups excluding carboxylic acids is 1. The van der Waals surface area contributed by atoms with E-state index in [0.717, 1.165) is 10.7 Å². The molecule has 1 aromatic heterocycles. The monoisotopic (exact) mass is 545 g/mol. The average Bonchev–Trinajstić information content (AvgIpc) is 3.17. The highest BCUT2D eigenvalue weighted by Crippen LogP contribution is 2.38. The lowest BCUT2D eigenvalue weighted by Gasteiger charge is -2.14. The molecular formula is C18H8BrClF7N3O2. The van der Waals surface area contributed by atoms with E-state index >= 15 is 0 Å². The molecule has 5 nitrogen and oxygen atoms in total. The quantitative estimate of drug-likeness (QED) is 0.308. The first-order valence-electron chi connectivity index (χ1n) is 8.26. The topological polar surface area (TPSA) is 56.2 Å². The number of ether oxygens (including phenoxy) is 1. The maximum Gasteiger partial charge on any atom is 0.422 e. The van der Waals surface area contributed by atoms with Gasteiger partial charge in [-0.25, -0.2) is 22.2 Å². The maximum absolute atomic E-state index is 13.9. The Hall–Kier alpha value is -2.80. The van der Waals surface area contributed by atoms with Crippen LogP contribution in [0.2, 0.25) is 5.02 Å². The van der Waals surface area contributed by atoms with Gasteiger partial charge < -0.3 is 10.1 Å². The van der Waals surface area contributed by atoms with E-state index in [1.807, 2.05) is 0 Å². The van der Waals surface area contributed by atoms with Crippen LogP contribution in [0.4, 0.5) is 36.4 Å². The second-order valence-electron chi connectivity index (χ2n) is 6.05. The maximum atomic E-state index is 13.9. The van der Waals surface area contributed by atoms with Gasteiger partial charge in [0, 0.05) is 10.7 Å². The fourth-order valence-electron chi connectivity index (χ4n) is 2.45. The number of aromatic nitrogens is 2. The Balaban J connectivity index is 1.78. The third-order valence-electron chi connectivity index (χ3n) is 3.90. The fourth-order valence-corrected chi connectivity index (χ4v) is 3.18. The smallest absolute Gasteiger partial charge is 0.422 e. The van der Waals surface area contributed by atoms with Crippen LogP contribution in [0.5, 0.6) is 5.75 Å². The molecule has 2 aromatic carbocycles. The third kappa shape index (κ3) is 4.83. The summed E-state index contributed by atoms with van der Waals surface area (Å²) in [5.41, 5.74) is -4.96. The van der Waals surface area contributed by atoms with Gasteiger partial charge in [0.1, 0.15) is 17.0 Å². The first-order chi connectivity index (χ1) is 14.9. The molecule has 32 heavy (non-hydrogen) atoms. The highest BCUT2D eigenvalue weighted by molar-refractivity contribution is 9.10. The van der Waals surface area contributed by atoms with Crippen LogP contribution in [-0.4, -0.2) is 15.7 Å². The van der Waals surface area contributed by atoms with Crippen LogP contribution in [-0.2, 0) is 12.9 Å². The first kappa shape index (κ1) is 23.9. The Morgan fingerprint density at radius 3 is 2.28 bits per heavy atom. The van der Waals surface area contributed by atoms with Crippen molar-refractivity contribution in [2.45, 2.75) is 12.9 Å². The zero-order valence-electron chi connectivity index (χ0n) is 15.2. The molecule has 0 aliphatic rings. The molecule has 0 unspecified atom stereocenters. The molecule has 0 bridgehead atoms. The number of hydrogen-bond acceptors (Lipinski definition) is 3. The molecule has 3 rings (SSSR count). The number of carbonyl (C=O) groups is 1. The molecule has 1 heterocycles. The highest BCUT2D eigenvalue weighted by Gasteiger charge is 2.42. The Bertz CT molecular complexity index is 1170. The number of anilines is 1. The molecule has 1 N–H and O–H groups in total. The largest absolute Gasteiger partial charge is 0.470 e. The van der Waals surface area contributed by atoms with E-state index in [2.05, 4.69) is 21.0 Å². The minimum atomic E-state index is -5.70. The van der Waals surface area contributed by atoms with Crippen LogP contribution in [0.15, 0.2) is 34.9 Å². The molecule has 0 fully saturated rings. The van der Waals surface area contributed by atoms with Crippen molar-refractivity contribution in [3.8, 4) is 5.75 Å². The normalized spacial score (nSPS) is 11.5. The fraction of sp³-hybridized carbons (Fsp3) is 0.111. The van der Waals surface area contributed by atoms with Gasteiger partial charge in [0.2, 0.25) is 0 Å². The molecule has 14 heteroatoms. The van der Waals surface area contributed by atoms with Gasteiger partial charge in [-0.1, -0.05) is 27.5 Å². The van der Waals surface area contributed by atoms with Gasteiger partial charge in [0.25, 0.3) is 5.91 Å². The van der Waals surface area contributed by atoms with Crippen molar-refractivity contribution >= 4 is 39.1 Å². The molecular weight excluding hydrogens is 539 g/mol. The van der Waals surface area contributed by atoms with Crippen molar-refractivity contribution in [3.63, 3.8) is 0 Å². The average molecular weight is 547 g/mol. The van der Waals surface area contributed by atoms with Gasteiger partial charge in [-0.3, -0.25) is 4.79 Å². The van der Waals surface area contributed by atoms with Crippen molar-refractivity contribution < 1.29 is 40.3 Å².